The molecule has 100 valence electrons. The van der Waals surface area contributed by atoms with E-state index in [-0.39, 0.29) is 18.1 Å². The van der Waals surface area contributed by atoms with Gasteiger partial charge >= 0.3 is 0 Å². The Kier molecular flexibility index (Phi) is 4.73. The minimum absolute atomic E-state index is 0.0574. The highest BCUT2D eigenvalue weighted by Crippen LogP contribution is 2.18. The molecule has 0 bridgehead atoms. The van der Waals surface area contributed by atoms with Gasteiger partial charge in [0, 0.05) is 17.9 Å². The maximum Gasteiger partial charge on any atom is 0.252 e. The van der Waals surface area contributed by atoms with Crippen LogP contribution >= 0.6 is 0 Å². The highest BCUT2D eigenvalue weighted by atomic mass is 16.5. The quantitative estimate of drug-likeness (QED) is 0.835. The fraction of sp³-hybridized carbons (Fsp3) is 0.500. The van der Waals surface area contributed by atoms with Crippen molar-refractivity contribution in [3.63, 3.8) is 0 Å². The summed E-state index contributed by atoms with van der Waals surface area (Å²) in [6.07, 6.45) is 0. The summed E-state index contributed by atoms with van der Waals surface area (Å²) in [6, 6.07) is 7.30. The second-order valence-corrected chi connectivity index (χ2v) is 5.13. The Labute approximate surface area is 109 Å². The number of benzene rings is 1. The number of amides is 1. The van der Waals surface area contributed by atoms with Gasteiger partial charge in [-0.2, -0.15) is 0 Å². The first kappa shape index (κ1) is 14.5. The molecule has 18 heavy (non-hydrogen) atoms. The molecule has 2 N–H and O–H groups in total. The van der Waals surface area contributed by atoms with E-state index >= 15 is 0 Å². The minimum atomic E-state index is -0.315. The fourth-order valence-electron chi connectivity index (χ4n) is 1.55. The third-order valence-corrected chi connectivity index (χ3v) is 2.43. The maximum absolute atomic E-state index is 12.1. The number of carbonyl (C=O) groups excluding carboxylic acids is 1. The highest BCUT2D eigenvalue weighted by Gasteiger charge is 2.18. The minimum Gasteiger partial charge on any atom is -0.399 e. The number of rotatable bonds is 4. The number of anilines is 2. The van der Waals surface area contributed by atoms with E-state index in [4.69, 9.17) is 10.5 Å². The first-order valence-electron chi connectivity index (χ1n) is 6.13. The van der Waals surface area contributed by atoms with Gasteiger partial charge in [-0.15, -0.1) is 0 Å². The van der Waals surface area contributed by atoms with Crippen LogP contribution in [0.2, 0.25) is 0 Å². The van der Waals surface area contributed by atoms with Crippen molar-refractivity contribution in [1.82, 2.24) is 0 Å². The van der Waals surface area contributed by atoms with E-state index in [9.17, 15) is 4.79 Å². The first-order valence-corrected chi connectivity index (χ1v) is 6.13. The summed E-state index contributed by atoms with van der Waals surface area (Å²) in [5, 5.41) is 0. The lowest BCUT2D eigenvalue weighted by Crippen LogP contribution is -2.36. The zero-order chi connectivity index (χ0) is 13.8. The first-order chi connectivity index (χ1) is 8.33. The second kappa shape index (κ2) is 5.87. The van der Waals surface area contributed by atoms with Crippen LogP contribution < -0.4 is 10.6 Å². The third-order valence-electron chi connectivity index (χ3n) is 2.43. The van der Waals surface area contributed by atoms with Crippen molar-refractivity contribution in [2.24, 2.45) is 0 Å². The van der Waals surface area contributed by atoms with Gasteiger partial charge in [0.25, 0.3) is 5.91 Å². The van der Waals surface area contributed by atoms with Crippen molar-refractivity contribution in [3.8, 4) is 0 Å². The molecule has 0 aliphatic heterocycles. The van der Waals surface area contributed by atoms with Gasteiger partial charge in [-0.3, -0.25) is 4.79 Å². The van der Waals surface area contributed by atoms with E-state index in [1.54, 1.807) is 17.0 Å². The summed E-state index contributed by atoms with van der Waals surface area (Å²) in [5.74, 6) is -0.0574. The van der Waals surface area contributed by atoms with Crippen molar-refractivity contribution in [1.29, 1.82) is 0 Å². The van der Waals surface area contributed by atoms with Gasteiger partial charge in [0.05, 0.1) is 5.60 Å². The maximum atomic E-state index is 12.1. The SMILES string of the molecule is CCN(C(=O)COC(C)(C)C)c1cccc(N)c1. The molecule has 0 saturated heterocycles. The van der Waals surface area contributed by atoms with Gasteiger partial charge < -0.3 is 15.4 Å². The molecule has 0 heterocycles. The summed E-state index contributed by atoms with van der Waals surface area (Å²) >= 11 is 0. The molecule has 1 aromatic carbocycles. The van der Waals surface area contributed by atoms with E-state index in [1.165, 1.54) is 0 Å². The molecule has 4 heteroatoms. The average molecular weight is 250 g/mol. The van der Waals surface area contributed by atoms with Crippen LogP contribution in [-0.4, -0.2) is 24.7 Å². The number of nitrogens with zero attached hydrogens (tertiary/aromatic N) is 1. The molecular formula is C14H22N2O2. The Morgan fingerprint density at radius 2 is 2.06 bits per heavy atom. The molecule has 0 atom stereocenters. The molecule has 4 nitrogen and oxygen atoms in total. The largest absolute Gasteiger partial charge is 0.399 e. The Bertz CT molecular complexity index is 411. The Morgan fingerprint density at radius 1 is 1.39 bits per heavy atom. The zero-order valence-corrected chi connectivity index (χ0v) is 11.6. The van der Waals surface area contributed by atoms with E-state index in [1.807, 2.05) is 39.8 Å². The zero-order valence-electron chi connectivity index (χ0n) is 11.6. The standard InChI is InChI=1S/C14H22N2O2/c1-5-16(12-8-6-7-11(15)9-12)13(17)10-18-14(2,3)4/h6-9H,5,10,15H2,1-4H3. The van der Waals surface area contributed by atoms with Crippen LogP contribution in [0.4, 0.5) is 11.4 Å². The number of likely N-dealkylation sites (N-methyl/N-ethyl adjacent to an activating group) is 1. The van der Waals surface area contributed by atoms with Crippen LogP contribution in [0, 0.1) is 0 Å². The second-order valence-electron chi connectivity index (χ2n) is 5.13. The van der Waals surface area contributed by atoms with Crippen molar-refractivity contribution in [2.75, 3.05) is 23.8 Å². The third kappa shape index (κ3) is 4.37. The lowest BCUT2D eigenvalue weighted by molar-refractivity contribution is -0.127. The van der Waals surface area contributed by atoms with E-state index in [0.29, 0.717) is 12.2 Å². The number of hydrogen-bond donors (Lipinski definition) is 1. The summed E-state index contributed by atoms with van der Waals surface area (Å²) in [4.78, 5) is 13.8. The molecule has 0 unspecified atom stereocenters. The van der Waals surface area contributed by atoms with Crippen LogP contribution in [0.1, 0.15) is 27.7 Å². The molecule has 1 aromatic rings. The van der Waals surface area contributed by atoms with Gasteiger partial charge in [-0.1, -0.05) is 6.07 Å². The highest BCUT2D eigenvalue weighted by molar-refractivity contribution is 5.94. The number of hydrogen-bond acceptors (Lipinski definition) is 3. The molecule has 0 aromatic heterocycles. The lowest BCUT2D eigenvalue weighted by atomic mass is 10.2. The fourth-order valence-corrected chi connectivity index (χ4v) is 1.55. The van der Waals surface area contributed by atoms with Gasteiger partial charge in [-0.25, -0.2) is 0 Å². The van der Waals surface area contributed by atoms with Crippen LogP contribution in [0.5, 0.6) is 0 Å². The Morgan fingerprint density at radius 3 is 2.56 bits per heavy atom. The normalized spacial score (nSPS) is 11.3. The molecule has 0 aliphatic carbocycles. The Balaban J connectivity index is 2.75. The molecule has 0 fully saturated rings. The number of carbonyl (C=O) groups is 1. The summed E-state index contributed by atoms with van der Waals surface area (Å²) in [7, 11) is 0. The van der Waals surface area contributed by atoms with Gasteiger partial charge in [0.15, 0.2) is 0 Å². The molecule has 0 radical (unpaired) electrons. The molecule has 1 rings (SSSR count). The lowest BCUT2D eigenvalue weighted by Gasteiger charge is -2.24. The van der Waals surface area contributed by atoms with Crippen LogP contribution in [-0.2, 0) is 9.53 Å². The monoisotopic (exact) mass is 250 g/mol. The average Bonchev–Trinajstić information content (AvgIpc) is 2.26. The van der Waals surface area contributed by atoms with E-state index in [0.717, 1.165) is 5.69 Å². The molecule has 0 spiro atoms. The number of ether oxygens (including phenoxy) is 1. The van der Waals surface area contributed by atoms with Crippen molar-refractivity contribution >= 4 is 17.3 Å². The molecule has 1 amide bonds. The van der Waals surface area contributed by atoms with Crippen molar-refractivity contribution in [2.45, 2.75) is 33.3 Å². The number of nitrogens with two attached hydrogens (primary N) is 1. The predicted molar refractivity (Wildman–Crippen MR) is 74.6 cm³/mol. The van der Waals surface area contributed by atoms with Crippen molar-refractivity contribution in [3.05, 3.63) is 24.3 Å². The van der Waals surface area contributed by atoms with Gasteiger partial charge in [-0.05, 0) is 45.9 Å². The smallest absolute Gasteiger partial charge is 0.252 e. The van der Waals surface area contributed by atoms with Crippen LogP contribution in [0.15, 0.2) is 24.3 Å². The molecule has 0 saturated carbocycles. The van der Waals surface area contributed by atoms with Crippen LogP contribution in [0.25, 0.3) is 0 Å². The molecular weight excluding hydrogens is 228 g/mol. The topological polar surface area (TPSA) is 55.6 Å². The summed E-state index contributed by atoms with van der Waals surface area (Å²) in [5.41, 5.74) is 6.86. The van der Waals surface area contributed by atoms with Gasteiger partial charge in [0.2, 0.25) is 0 Å². The Hall–Kier alpha value is -1.55. The summed E-state index contributed by atoms with van der Waals surface area (Å²) in [6.45, 7) is 8.38. The molecule has 0 aliphatic rings. The van der Waals surface area contributed by atoms with Crippen LogP contribution in [0.3, 0.4) is 0 Å². The summed E-state index contributed by atoms with van der Waals surface area (Å²) < 4.78 is 5.50. The predicted octanol–water partition coefficient (Wildman–Crippen LogP) is 2.44. The van der Waals surface area contributed by atoms with E-state index < -0.39 is 0 Å². The van der Waals surface area contributed by atoms with E-state index in [2.05, 4.69) is 0 Å². The van der Waals surface area contributed by atoms with Crippen molar-refractivity contribution < 1.29 is 9.53 Å². The van der Waals surface area contributed by atoms with Gasteiger partial charge in [0.1, 0.15) is 6.61 Å². The number of nitrogen functional groups attached to an aromatic ring is 1.